The van der Waals surface area contributed by atoms with E-state index < -0.39 is 0 Å². The largest absolute Gasteiger partial charge is 0.328 e. The summed E-state index contributed by atoms with van der Waals surface area (Å²) in [5, 5.41) is 0. The first-order valence-corrected chi connectivity index (χ1v) is 6.12. The smallest absolute Gasteiger partial charge is 0.00390 e. The predicted octanol–water partition coefficient (Wildman–Crippen LogP) is 3.51. The molecule has 84 valence electrons. The number of hydrogen-bond donors (Lipinski definition) is 1. The first-order valence-electron chi connectivity index (χ1n) is 6.12. The van der Waals surface area contributed by atoms with Crippen molar-refractivity contribution in [3.8, 4) is 0 Å². The van der Waals surface area contributed by atoms with E-state index in [0.717, 1.165) is 11.8 Å². The third-order valence-corrected chi connectivity index (χ3v) is 4.13. The molecule has 2 saturated carbocycles. The van der Waals surface area contributed by atoms with Crippen molar-refractivity contribution in [2.45, 2.75) is 63.8 Å². The van der Waals surface area contributed by atoms with Crippen LogP contribution in [0.4, 0.5) is 0 Å². The molecule has 2 rings (SSSR count). The minimum absolute atomic E-state index is 0. The maximum atomic E-state index is 5.93. The summed E-state index contributed by atoms with van der Waals surface area (Å²) in [7, 11) is 0. The summed E-state index contributed by atoms with van der Waals surface area (Å²) in [6, 6.07) is 0.528. The molecule has 2 aliphatic carbocycles. The lowest BCUT2D eigenvalue weighted by Crippen LogP contribution is -2.30. The van der Waals surface area contributed by atoms with Gasteiger partial charge in [-0.25, -0.2) is 0 Å². The highest BCUT2D eigenvalue weighted by atomic mass is 35.5. The van der Waals surface area contributed by atoms with Gasteiger partial charge in [0.15, 0.2) is 0 Å². The fourth-order valence-electron chi connectivity index (χ4n) is 3.22. The molecule has 0 unspecified atom stereocenters. The van der Waals surface area contributed by atoms with E-state index in [-0.39, 0.29) is 12.4 Å². The van der Waals surface area contributed by atoms with E-state index in [0.29, 0.717) is 6.04 Å². The second-order valence-electron chi connectivity index (χ2n) is 5.07. The Balaban J connectivity index is 0.000000980. The van der Waals surface area contributed by atoms with Gasteiger partial charge in [-0.05, 0) is 37.5 Å². The summed E-state index contributed by atoms with van der Waals surface area (Å²) in [4.78, 5) is 0. The summed E-state index contributed by atoms with van der Waals surface area (Å²) in [6.07, 6.45) is 12.9. The second kappa shape index (κ2) is 5.97. The van der Waals surface area contributed by atoms with Crippen molar-refractivity contribution in [1.82, 2.24) is 0 Å². The molecule has 0 aromatic heterocycles. The van der Waals surface area contributed by atoms with Gasteiger partial charge in [0.05, 0.1) is 0 Å². The van der Waals surface area contributed by atoms with Gasteiger partial charge in [0, 0.05) is 6.04 Å². The Hall–Kier alpha value is 0.250. The number of rotatable bonds is 1. The Morgan fingerprint density at radius 2 is 1.14 bits per heavy atom. The van der Waals surface area contributed by atoms with Crippen LogP contribution in [-0.2, 0) is 0 Å². The van der Waals surface area contributed by atoms with Gasteiger partial charge in [-0.15, -0.1) is 12.4 Å². The fraction of sp³-hybridized carbons (Fsp3) is 1.00. The number of nitrogens with two attached hydrogens (primary N) is 1. The monoisotopic (exact) mass is 217 g/mol. The first kappa shape index (κ1) is 12.3. The van der Waals surface area contributed by atoms with E-state index >= 15 is 0 Å². The standard InChI is InChI=1S/C12H23N.ClH/c13-12-8-6-11(7-9-12)10-4-2-1-3-5-10;/h10-12H,1-9,13H2;1H. The zero-order valence-electron chi connectivity index (χ0n) is 9.08. The van der Waals surface area contributed by atoms with Crippen LogP contribution in [0.25, 0.3) is 0 Å². The van der Waals surface area contributed by atoms with Gasteiger partial charge in [-0.3, -0.25) is 0 Å². The van der Waals surface area contributed by atoms with Crippen molar-refractivity contribution in [3.05, 3.63) is 0 Å². The summed E-state index contributed by atoms with van der Waals surface area (Å²) >= 11 is 0. The highest BCUT2D eigenvalue weighted by Crippen LogP contribution is 2.37. The van der Waals surface area contributed by atoms with Crippen LogP contribution in [0.2, 0.25) is 0 Å². The maximum absolute atomic E-state index is 5.93. The minimum atomic E-state index is 0. The highest BCUT2D eigenvalue weighted by Gasteiger charge is 2.26. The zero-order valence-corrected chi connectivity index (χ0v) is 9.90. The summed E-state index contributed by atoms with van der Waals surface area (Å²) < 4.78 is 0. The molecule has 14 heavy (non-hydrogen) atoms. The van der Waals surface area contributed by atoms with E-state index in [1.807, 2.05) is 0 Å². The quantitative estimate of drug-likeness (QED) is 0.715. The molecule has 0 spiro atoms. The molecule has 0 aromatic rings. The topological polar surface area (TPSA) is 26.0 Å². The normalized spacial score (nSPS) is 34.9. The van der Waals surface area contributed by atoms with Crippen LogP contribution in [0.3, 0.4) is 0 Å². The van der Waals surface area contributed by atoms with Crippen molar-refractivity contribution in [1.29, 1.82) is 0 Å². The molecule has 0 heterocycles. The molecule has 0 amide bonds. The van der Waals surface area contributed by atoms with E-state index in [9.17, 15) is 0 Å². The Labute approximate surface area is 94.2 Å². The number of hydrogen-bond acceptors (Lipinski definition) is 1. The molecule has 2 fully saturated rings. The van der Waals surface area contributed by atoms with Gasteiger partial charge in [0.1, 0.15) is 0 Å². The average Bonchev–Trinajstić information content (AvgIpc) is 2.20. The predicted molar refractivity (Wildman–Crippen MR) is 63.8 cm³/mol. The average molecular weight is 218 g/mol. The van der Waals surface area contributed by atoms with Crippen molar-refractivity contribution >= 4 is 12.4 Å². The third-order valence-electron chi connectivity index (χ3n) is 4.13. The lowest BCUT2D eigenvalue weighted by atomic mass is 9.72. The summed E-state index contributed by atoms with van der Waals surface area (Å²) in [5.41, 5.74) is 5.93. The van der Waals surface area contributed by atoms with Crippen molar-refractivity contribution in [3.63, 3.8) is 0 Å². The molecule has 0 saturated heterocycles. The molecule has 1 nitrogen and oxygen atoms in total. The van der Waals surface area contributed by atoms with Crippen LogP contribution in [0.15, 0.2) is 0 Å². The molecular formula is C12H24ClN. The Morgan fingerprint density at radius 1 is 0.643 bits per heavy atom. The van der Waals surface area contributed by atoms with Gasteiger partial charge in [0.2, 0.25) is 0 Å². The van der Waals surface area contributed by atoms with Gasteiger partial charge >= 0.3 is 0 Å². The first-order chi connectivity index (χ1) is 6.36. The SMILES string of the molecule is Cl.NC1CCC(C2CCCCC2)CC1. The molecule has 2 aliphatic rings. The molecule has 0 radical (unpaired) electrons. The van der Waals surface area contributed by atoms with Crippen LogP contribution in [0, 0.1) is 11.8 Å². The van der Waals surface area contributed by atoms with Crippen molar-refractivity contribution < 1.29 is 0 Å². The van der Waals surface area contributed by atoms with E-state index in [1.165, 1.54) is 57.8 Å². The summed E-state index contributed by atoms with van der Waals surface area (Å²) in [6.45, 7) is 0. The van der Waals surface area contributed by atoms with Crippen LogP contribution >= 0.6 is 12.4 Å². The van der Waals surface area contributed by atoms with E-state index in [2.05, 4.69) is 0 Å². The van der Waals surface area contributed by atoms with Gasteiger partial charge in [-0.1, -0.05) is 32.1 Å². The molecule has 0 bridgehead atoms. The van der Waals surface area contributed by atoms with E-state index in [4.69, 9.17) is 5.73 Å². The molecule has 2 heteroatoms. The molecule has 0 aliphatic heterocycles. The van der Waals surface area contributed by atoms with Crippen LogP contribution in [0.1, 0.15) is 57.8 Å². The Bertz CT molecular complexity index is 146. The third kappa shape index (κ3) is 3.13. The summed E-state index contributed by atoms with van der Waals surface area (Å²) in [5.74, 6) is 2.11. The van der Waals surface area contributed by atoms with Gasteiger partial charge in [0.25, 0.3) is 0 Å². The van der Waals surface area contributed by atoms with Crippen LogP contribution in [-0.4, -0.2) is 6.04 Å². The van der Waals surface area contributed by atoms with Crippen LogP contribution < -0.4 is 5.73 Å². The lowest BCUT2D eigenvalue weighted by Gasteiger charge is -2.34. The molecule has 0 aromatic carbocycles. The number of halogens is 1. The van der Waals surface area contributed by atoms with Crippen LogP contribution in [0.5, 0.6) is 0 Å². The lowest BCUT2D eigenvalue weighted by molar-refractivity contribution is 0.186. The van der Waals surface area contributed by atoms with E-state index in [1.54, 1.807) is 0 Å². The van der Waals surface area contributed by atoms with Gasteiger partial charge < -0.3 is 5.73 Å². The minimum Gasteiger partial charge on any atom is -0.328 e. The highest BCUT2D eigenvalue weighted by molar-refractivity contribution is 5.85. The fourth-order valence-corrected chi connectivity index (χ4v) is 3.22. The van der Waals surface area contributed by atoms with Crippen molar-refractivity contribution in [2.75, 3.05) is 0 Å². The molecular weight excluding hydrogens is 194 g/mol. The second-order valence-corrected chi connectivity index (χ2v) is 5.07. The van der Waals surface area contributed by atoms with Gasteiger partial charge in [-0.2, -0.15) is 0 Å². The zero-order chi connectivity index (χ0) is 9.10. The Kier molecular flexibility index (Phi) is 5.25. The van der Waals surface area contributed by atoms with Crippen molar-refractivity contribution in [2.24, 2.45) is 17.6 Å². The molecule has 0 atom stereocenters. The maximum Gasteiger partial charge on any atom is 0.00390 e. The Morgan fingerprint density at radius 3 is 1.71 bits per heavy atom. The molecule has 2 N–H and O–H groups in total.